The maximum absolute atomic E-state index is 9.90. The van der Waals surface area contributed by atoms with Crippen LogP contribution in [-0.2, 0) is 6.42 Å². The Hall–Kier alpha value is -1.96. The number of rotatable bonds is 2. The van der Waals surface area contributed by atoms with E-state index >= 15 is 0 Å². The van der Waals surface area contributed by atoms with E-state index in [-0.39, 0.29) is 11.5 Å². The average molecular weight is 228 g/mol. The largest absolute Gasteiger partial charge is 0.508 e. The molecule has 0 heterocycles. The Labute approximate surface area is 101 Å². The smallest absolute Gasteiger partial charge is 0.123 e. The molecule has 0 saturated heterocycles. The summed E-state index contributed by atoms with van der Waals surface area (Å²) in [6.07, 6.45) is 0.680. The van der Waals surface area contributed by atoms with Crippen molar-refractivity contribution in [1.82, 2.24) is 0 Å². The van der Waals surface area contributed by atoms with Gasteiger partial charge in [0.1, 0.15) is 11.5 Å². The van der Waals surface area contributed by atoms with Gasteiger partial charge in [0.2, 0.25) is 0 Å². The fraction of sp³-hybridized carbons (Fsp3) is 0.200. The van der Waals surface area contributed by atoms with Crippen LogP contribution < -0.4 is 0 Å². The first kappa shape index (κ1) is 11.5. The Balaban J connectivity index is 2.43. The molecule has 0 aliphatic heterocycles. The molecular formula is C15H16O2. The number of aromatic hydroxyl groups is 2. The Morgan fingerprint density at radius 2 is 1.53 bits per heavy atom. The summed E-state index contributed by atoms with van der Waals surface area (Å²) < 4.78 is 0. The first-order valence-corrected chi connectivity index (χ1v) is 5.64. The Kier molecular flexibility index (Phi) is 3.05. The van der Waals surface area contributed by atoms with Gasteiger partial charge in [-0.3, -0.25) is 0 Å². The molecule has 2 aromatic rings. The summed E-state index contributed by atoms with van der Waals surface area (Å²) in [5.41, 5.74) is 3.81. The van der Waals surface area contributed by atoms with Crippen molar-refractivity contribution in [3.8, 4) is 11.5 Å². The summed E-state index contributed by atoms with van der Waals surface area (Å²) in [7, 11) is 0. The highest BCUT2D eigenvalue weighted by Gasteiger charge is 2.11. The zero-order valence-corrected chi connectivity index (χ0v) is 10.1. The molecule has 2 aromatic carbocycles. The van der Waals surface area contributed by atoms with Gasteiger partial charge >= 0.3 is 0 Å². The zero-order valence-electron chi connectivity index (χ0n) is 10.1. The van der Waals surface area contributed by atoms with Crippen LogP contribution in [0.3, 0.4) is 0 Å². The van der Waals surface area contributed by atoms with Crippen LogP contribution >= 0.6 is 0 Å². The van der Waals surface area contributed by atoms with Crippen LogP contribution in [0, 0.1) is 13.8 Å². The molecule has 0 aromatic heterocycles. The summed E-state index contributed by atoms with van der Waals surface area (Å²) >= 11 is 0. The second-order valence-electron chi connectivity index (χ2n) is 4.31. The molecule has 0 fully saturated rings. The van der Waals surface area contributed by atoms with Crippen LogP contribution in [-0.4, -0.2) is 10.2 Å². The summed E-state index contributed by atoms with van der Waals surface area (Å²) in [4.78, 5) is 0. The molecule has 0 bridgehead atoms. The van der Waals surface area contributed by atoms with Crippen LogP contribution in [0.25, 0.3) is 0 Å². The molecule has 2 N–H and O–H groups in total. The third kappa shape index (κ3) is 2.26. The van der Waals surface area contributed by atoms with E-state index in [0.717, 1.165) is 22.3 Å². The third-order valence-electron chi connectivity index (χ3n) is 3.21. The molecule has 0 radical (unpaired) electrons. The van der Waals surface area contributed by atoms with Crippen LogP contribution in [0.5, 0.6) is 11.5 Å². The average Bonchev–Trinajstić information content (AvgIpc) is 2.33. The van der Waals surface area contributed by atoms with Crippen molar-refractivity contribution >= 4 is 0 Å². The molecule has 2 rings (SSSR count). The van der Waals surface area contributed by atoms with Crippen LogP contribution in [0.1, 0.15) is 22.3 Å². The minimum atomic E-state index is 0.150. The summed E-state index contributed by atoms with van der Waals surface area (Å²) in [6.45, 7) is 3.78. The van der Waals surface area contributed by atoms with Gasteiger partial charge in [-0.15, -0.1) is 0 Å². The van der Waals surface area contributed by atoms with Gasteiger partial charge in [0.05, 0.1) is 0 Å². The minimum Gasteiger partial charge on any atom is -0.508 e. The molecule has 2 heteroatoms. The van der Waals surface area contributed by atoms with Crippen molar-refractivity contribution in [2.24, 2.45) is 0 Å². The Bertz CT molecular complexity index is 530. The number of phenolic OH excluding ortho intramolecular Hbond substituents is 2. The number of hydrogen-bond acceptors (Lipinski definition) is 2. The Morgan fingerprint density at radius 3 is 2.18 bits per heavy atom. The van der Waals surface area contributed by atoms with E-state index in [1.807, 2.05) is 44.2 Å². The SMILES string of the molecule is Cc1c(O)cc(O)c(Cc2ccccc2)c1C. The van der Waals surface area contributed by atoms with Crippen LogP contribution in [0.2, 0.25) is 0 Å². The molecule has 17 heavy (non-hydrogen) atoms. The van der Waals surface area contributed by atoms with Gasteiger partial charge in [-0.1, -0.05) is 30.3 Å². The van der Waals surface area contributed by atoms with Crippen LogP contribution in [0.15, 0.2) is 36.4 Å². The van der Waals surface area contributed by atoms with Gasteiger partial charge in [-0.05, 0) is 30.5 Å². The molecule has 0 saturated carbocycles. The molecule has 88 valence electrons. The first-order valence-electron chi connectivity index (χ1n) is 5.64. The Morgan fingerprint density at radius 1 is 0.882 bits per heavy atom. The van der Waals surface area contributed by atoms with Gasteiger partial charge in [0.25, 0.3) is 0 Å². The summed E-state index contributed by atoms with van der Waals surface area (Å²) in [5.74, 6) is 0.311. The lowest BCUT2D eigenvalue weighted by atomic mass is 9.96. The van der Waals surface area contributed by atoms with E-state index < -0.39 is 0 Å². The van der Waals surface area contributed by atoms with Crippen molar-refractivity contribution in [1.29, 1.82) is 0 Å². The third-order valence-corrected chi connectivity index (χ3v) is 3.21. The quantitative estimate of drug-likeness (QED) is 0.828. The second kappa shape index (κ2) is 4.50. The molecular weight excluding hydrogens is 212 g/mol. The maximum Gasteiger partial charge on any atom is 0.123 e. The zero-order chi connectivity index (χ0) is 12.4. The maximum atomic E-state index is 9.90. The number of hydrogen-bond donors (Lipinski definition) is 2. The molecule has 0 aliphatic rings. The lowest BCUT2D eigenvalue weighted by molar-refractivity contribution is 0.443. The molecule has 0 aliphatic carbocycles. The monoisotopic (exact) mass is 228 g/mol. The normalized spacial score (nSPS) is 10.5. The number of benzene rings is 2. The lowest BCUT2D eigenvalue weighted by Crippen LogP contribution is -1.95. The van der Waals surface area contributed by atoms with Crippen molar-refractivity contribution < 1.29 is 10.2 Å². The molecule has 0 atom stereocenters. The van der Waals surface area contributed by atoms with Gasteiger partial charge in [0.15, 0.2) is 0 Å². The van der Waals surface area contributed by atoms with Gasteiger partial charge < -0.3 is 10.2 Å². The summed E-state index contributed by atoms with van der Waals surface area (Å²) in [6, 6.07) is 11.4. The van der Waals surface area contributed by atoms with E-state index in [2.05, 4.69) is 0 Å². The number of phenols is 2. The molecule has 0 unspecified atom stereocenters. The lowest BCUT2D eigenvalue weighted by Gasteiger charge is -2.12. The second-order valence-corrected chi connectivity index (χ2v) is 4.31. The van der Waals surface area contributed by atoms with E-state index in [1.54, 1.807) is 0 Å². The fourth-order valence-electron chi connectivity index (χ4n) is 1.96. The first-order chi connectivity index (χ1) is 8.09. The highest BCUT2D eigenvalue weighted by Crippen LogP contribution is 2.32. The van der Waals surface area contributed by atoms with E-state index in [1.165, 1.54) is 6.07 Å². The van der Waals surface area contributed by atoms with Gasteiger partial charge in [-0.25, -0.2) is 0 Å². The predicted molar refractivity (Wildman–Crippen MR) is 68.5 cm³/mol. The van der Waals surface area contributed by atoms with E-state index in [9.17, 15) is 10.2 Å². The van der Waals surface area contributed by atoms with E-state index in [0.29, 0.717) is 6.42 Å². The van der Waals surface area contributed by atoms with Crippen molar-refractivity contribution in [3.05, 3.63) is 58.7 Å². The summed E-state index contributed by atoms with van der Waals surface area (Å²) in [5, 5.41) is 19.5. The van der Waals surface area contributed by atoms with Crippen LogP contribution in [0.4, 0.5) is 0 Å². The van der Waals surface area contributed by atoms with Crippen molar-refractivity contribution in [2.45, 2.75) is 20.3 Å². The molecule has 2 nitrogen and oxygen atoms in total. The fourth-order valence-corrected chi connectivity index (χ4v) is 1.96. The standard InChI is InChI=1S/C15H16O2/c1-10-11(2)14(16)9-15(17)13(10)8-12-6-4-3-5-7-12/h3-7,9,16-17H,8H2,1-2H3. The van der Waals surface area contributed by atoms with Crippen molar-refractivity contribution in [2.75, 3.05) is 0 Å². The highest BCUT2D eigenvalue weighted by molar-refractivity contribution is 5.52. The highest BCUT2D eigenvalue weighted by atomic mass is 16.3. The topological polar surface area (TPSA) is 40.5 Å². The molecule has 0 spiro atoms. The van der Waals surface area contributed by atoms with Crippen molar-refractivity contribution in [3.63, 3.8) is 0 Å². The predicted octanol–water partition coefficient (Wildman–Crippen LogP) is 3.31. The van der Waals surface area contributed by atoms with E-state index in [4.69, 9.17) is 0 Å². The van der Waals surface area contributed by atoms with Gasteiger partial charge in [0, 0.05) is 18.1 Å². The molecule has 0 amide bonds. The van der Waals surface area contributed by atoms with Gasteiger partial charge in [-0.2, -0.15) is 0 Å². The minimum absolute atomic E-state index is 0.150.